The van der Waals surface area contributed by atoms with Crippen molar-refractivity contribution in [2.24, 2.45) is 0 Å². The molecule has 0 aromatic carbocycles. The van der Waals surface area contributed by atoms with Crippen LogP contribution in [0.2, 0.25) is 0 Å². The summed E-state index contributed by atoms with van der Waals surface area (Å²) in [7, 11) is 0. The molecule has 0 saturated heterocycles. The highest BCUT2D eigenvalue weighted by Gasteiger charge is 2.01. The van der Waals surface area contributed by atoms with Gasteiger partial charge in [0.1, 0.15) is 0 Å². The predicted octanol–water partition coefficient (Wildman–Crippen LogP) is 3.31. The number of ether oxygens (including phenoxy) is 4. The van der Waals surface area contributed by atoms with Gasteiger partial charge in [-0.3, -0.25) is 4.79 Å². The first-order valence-electron chi connectivity index (χ1n) is 11.9. The quantitative estimate of drug-likeness (QED) is 0.241. The van der Waals surface area contributed by atoms with Crippen molar-refractivity contribution in [2.75, 3.05) is 59.3 Å². The minimum absolute atomic E-state index is 0.115. The summed E-state index contributed by atoms with van der Waals surface area (Å²) in [6.45, 7) is 14.1. The maximum absolute atomic E-state index is 11.8. The van der Waals surface area contributed by atoms with Gasteiger partial charge in [0.25, 0.3) is 0 Å². The molecular formula is C23H48N2O5. The molecule has 30 heavy (non-hydrogen) atoms. The molecule has 180 valence electrons. The smallest absolute Gasteiger partial charge is 0.220 e. The van der Waals surface area contributed by atoms with E-state index in [1.165, 1.54) is 19.3 Å². The Balaban J connectivity index is 3.16. The largest absolute Gasteiger partial charge is 0.379 e. The van der Waals surface area contributed by atoms with Crippen molar-refractivity contribution in [3.8, 4) is 0 Å². The highest BCUT2D eigenvalue weighted by Crippen LogP contribution is 2.07. The minimum Gasteiger partial charge on any atom is -0.379 e. The highest BCUT2D eigenvalue weighted by molar-refractivity contribution is 5.75. The van der Waals surface area contributed by atoms with E-state index < -0.39 is 0 Å². The Morgan fingerprint density at radius 1 is 0.667 bits per heavy atom. The molecule has 0 bridgehead atoms. The third-order valence-corrected chi connectivity index (χ3v) is 4.36. The molecule has 0 aliphatic heterocycles. The Morgan fingerprint density at radius 2 is 1.20 bits per heavy atom. The zero-order valence-electron chi connectivity index (χ0n) is 20.0. The standard InChI is InChI=1S/C23H48N2O5/c1-21(2)24-12-15-27-17-19-29-20-18-28-16-13-25-23(26)11-9-7-5-6-8-10-14-30-22(3)4/h21-22,24H,5-20H2,1-4H3,(H,25,26). The first kappa shape index (κ1) is 29.3. The second-order valence-corrected chi connectivity index (χ2v) is 8.09. The number of unbranched alkanes of at least 4 members (excludes halogenated alkanes) is 5. The first-order chi connectivity index (χ1) is 14.5. The van der Waals surface area contributed by atoms with Gasteiger partial charge in [-0.2, -0.15) is 0 Å². The number of amides is 1. The fourth-order valence-corrected chi connectivity index (χ4v) is 2.73. The van der Waals surface area contributed by atoms with Gasteiger partial charge in [-0.15, -0.1) is 0 Å². The molecule has 0 fully saturated rings. The van der Waals surface area contributed by atoms with Gasteiger partial charge in [-0.05, 0) is 26.7 Å². The number of hydrogen-bond acceptors (Lipinski definition) is 6. The van der Waals surface area contributed by atoms with Crippen LogP contribution < -0.4 is 10.6 Å². The third-order valence-electron chi connectivity index (χ3n) is 4.36. The van der Waals surface area contributed by atoms with E-state index in [2.05, 4.69) is 38.3 Å². The first-order valence-corrected chi connectivity index (χ1v) is 11.9. The van der Waals surface area contributed by atoms with Crippen molar-refractivity contribution in [2.45, 2.75) is 84.8 Å². The van der Waals surface area contributed by atoms with Crippen LogP contribution in [-0.2, 0) is 23.7 Å². The molecule has 0 spiro atoms. The molecule has 0 aliphatic carbocycles. The minimum atomic E-state index is 0.115. The zero-order valence-corrected chi connectivity index (χ0v) is 20.0. The van der Waals surface area contributed by atoms with E-state index in [1.807, 2.05) is 0 Å². The molecule has 0 radical (unpaired) electrons. The van der Waals surface area contributed by atoms with Crippen molar-refractivity contribution in [1.29, 1.82) is 0 Å². The third kappa shape index (κ3) is 25.3. The summed E-state index contributed by atoms with van der Waals surface area (Å²) in [4.78, 5) is 11.8. The summed E-state index contributed by atoms with van der Waals surface area (Å²) >= 11 is 0. The number of carbonyl (C=O) groups is 1. The van der Waals surface area contributed by atoms with Crippen molar-refractivity contribution in [1.82, 2.24) is 10.6 Å². The van der Waals surface area contributed by atoms with Gasteiger partial charge < -0.3 is 29.6 Å². The Morgan fingerprint density at radius 3 is 1.80 bits per heavy atom. The molecule has 0 saturated carbocycles. The lowest BCUT2D eigenvalue weighted by molar-refractivity contribution is -0.121. The fourth-order valence-electron chi connectivity index (χ4n) is 2.73. The fraction of sp³-hybridized carbons (Fsp3) is 0.957. The maximum atomic E-state index is 11.8. The highest BCUT2D eigenvalue weighted by atomic mass is 16.5. The van der Waals surface area contributed by atoms with Gasteiger partial charge >= 0.3 is 0 Å². The van der Waals surface area contributed by atoms with Crippen LogP contribution in [-0.4, -0.2) is 77.4 Å². The molecule has 0 rings (SSSR count). The van der Waals surface area contributed by atoms with Gasteiger partial charge in [0.2, 0.25) is 5.91 Å². The van der Waals surface area contributed by atoms with E-state index in [4.69, 9.17) is 18.9 Å². The molecule has 2 N–H and O–H groups in total. The summed E-state index contributed by atoms with van der Waals surface area (Å²) in [5.41, 5.74) is 0. The topological polar surface area (TPSA) is 78.0 Å². The van der Waals surface area contributed by atoms with Crippen molar-refractivity contribution in [3.63, 3.8) is 0 Å². The second-order valence-electron chi connectivity index (χ2n) is 8.09. The lowest BCUT2D eigenvalue weighted by Gasteiger charge is -2.09. The lowest BCUT2D eigenvalue weighted by Crippen LogP contribution is -2.27. The number of carbonyl (C=O) groups excluding carboxylic acids is 1. The molecular weight excluding hydrogens is 384 g/mol. The van der Waals surface area contributed by atoms with Crippen LogP contribution in [0, 0.1) is 0 Å². The molecule has 7 heteroatoms. The molecule has 7 nitrogen and oxygen atoms in total. The van der Waals surface area contributed by atoms with Crippen LogP contribution in [0.1, 0.15) is 72.6 Å². The summed E-state index contributed by atoms with van der Waals surface area (Å²) in [6.07, 6.45) is 7.76. The normalized spacial score (nSPS) is 11.5. The Bertz CT molecular complexity index is 368. The van der Waals surface area contributed by atoms with Crippen LogP contribution >= 0.6 is 0 Å². The molecule has 0 aromatic rings. The maximum Gasteiger partial charge on any atom is 0.220 e. The van der Waals surface area contributed by atoms with Crippen molar-refractivity contribution >= 4 is 5.91 Å². The summed E-state index contributed by atoms with van der Waals surface area (Å²) in [5, 5.41) is 6.20. The van der Waals surface area contributed by atoms with Gasteiger partial charge in [-0.25, -0.2) is 0 Å². The van der Waals surface area contributed by atoms with Crippen LogP contribution in [0.25, 0.3) is 0 Å². The number of nitrogens with one attached hydrogen (secondary N) is 2. The van der Waals surface area contributed by atoms with Crippen molar-refractivity contribution < 1.29 is 23.7 Å². The molecule has 0 aromatic heterocycles. The summed E-state index contributed by atoms with van der Waals surface area (Å²) in [6, 6.07) is 0.488. The predicted molar refractivity (Wildman–Crippen MR) is 122 cm³/mol. The average Bonchev–Trinajstić information content (AvgIpc) is 2.69. The monoisotopic (exact) mass is 432 g/mol. The number of hydrogen-bond donors (Lipinski definition) is 2. The van der Waals surface area contributed by atoms with E-state index in [0.29, 0.717) is 64.8 Å². The van der Waals surface area contributed by atoms with E-state index in [0.717, 1.165) is 32.4 Å². The van der Waals surface area contributed by atoms with E-state index in [9.17, 15) is 4.79 Å². The Kier molecular flexibility index (Phi) is 22.4. The average molecular weight is 433 g/mol. The molecule has 0 unspecified atom stereocenters. The molecule has 0 aliphatic rings. The van der Waals surface area contributed by atoms with Crippen molar-refractivity contribution in [3.05, 3.63) is 0 Å². The molecule has 0 atom stereocenters. The summed E-state index contributed by atoms with van der Waals surface area (Å²) < 4.78 is 21.9. The second kappa shape index (κ2) is 22.9. The SMILES string of the molecule is CC(C)NCCOCCOCCOCCNC(=O)CCCCCCCCOC(C)C. The van der Waals surface area contributed by atoms with E-state index in [-0.39, 0.29) is 5.91 Å². The van der Waals surface area contributed by atoms with Gasteiger partial charge in [0.15, 0.2) is 0 Å². The van der Waals surface area contributed by atoms with Crippen LogP contribution in [0.3, 0.4) is 0 Å². The Hall–Kier alpha value is -0.730. The van der Waals surface area contributed by atoms with Crippen LogP contribution in [0.15, 0.2) is 0 Å². The van der Waals surface area contributed by atoms with Gasteiger partial charge in [-0.1, -0.05) is 39.5 Å². The molecule has 1 amide bonds. The van der Waals surface area contributed by atoms with E-state index >= 15 is 0 Å². The lowest BCUT2D eigenvalue weighted by atomic mass is 10.1. The van der Waals surface area contributed by atoms with E-state index in [1.54, 1.807) is 0 Å². The van der Waals surface area contributed by atoms with Crippen LogP contribution in [0.5, 0.6) is 0 Å². The molecule has 0 heterocycles. The number of rotatable bonds is 23. The van der Waals surface area contributed by atoms with Crippen LogP contribution in [0.4, 0.5) is 0 Å². The van der Waals surface area contributed by atoms with Gasteiger partial charge in [0, 0.05) is 32.2 Å². The zero-order chi connectivity index (χ0) is 22.3. The Labute approximate surface area is 184 Å². The summed E-state index contributed by atoms with van der Waals surface area (Å²) in [5.74, 6) is 0.115. The van der Waals surface area contributed by atoms with Gasteiger partial charge in [0.05, 0.1) is 45.7 Å².